The summed E-state index contributed by atoms with van der Waals surface area (Å²) in [7, 11) is 0. The van der Waals surface area contributed by atoms with Gasteiger partial charge in [-0.2, -0.15) is 0 Å². The number of pyridine rings is 1. The Morgan fingerprint density at radius 3 is 2.81 bits per heavy atom. The van der Waals surface area contributed by atoms with Crippen LogP contribution in [0.15, 0.2) is 30.3 Å². The van der Waals surface area contributed by atoms with E-state index in [1.165, 1.54) is 18.2 Å². The van der Waals surface area contributed by atoms with Gasteiger partial charge in [0.2, 0.25) is 5.88 Å². The van der Waals surface area contributed by atoms with Crippen molar-refractivity contribution in [3.05, 3.63) is 45.5 Å². The lowest BCUT2D eigenvalue weighted by Gasteiger charge is -2.09. The number of anilines is 1. The first-order valence-electron chi connectivity index (χ1n) is 6.36. The number of halogens is 1. The highest BCUT2D eigenvalue weighted by atomic mass is 35.5. The van der Waals surface area contributed by atoms with E-state index in [9.17, 15) is 10.1 Å². The normalized spacial score (nSPS) is 10.4. The Morgan fingerprint density at radius 1 is 1.38 bits per heavy atom. The molecule has 0 bridgehead atoms. The van der Waals surface area contributed by atoms with Crippen molar-refractivity contribution in [2.24, 2.45) is 0 Å². The third kappa shape index (κ3) is 3.41. The minimum Gasteiger partial charge on any atom is -0.478 e. The number of ether oxygens (including phenoxy) is 1. The standard InChI is InChI=1S/C14H14ClN3O3/c1-2-7-21-13-6-4-11(16)14(17-13)10-8-9(15)3-5-12(10)18(19)20/h3-6,8H,2,7,16H2,1H3. The molecule has 1 aromatic carbocycles. The van der Waals surface area contributed by atoms with E-state index in [2.05, 4.69) is 4.98 Å². The second-order valence-electron chi connectivity index (χ2n) is 4.35. The van der Waals surface area contributed by atoms with E-state index < -0.39 is 4.92 Å². The average Bonchev–Trinajstić information content (AvgIpc) is 2.46. The second-order valence-corrected chi connectivity index (χ2v) is 4.79. The fourth-order valence-electron chi connectivity index (χ4n) is 1.81. The molecule has 1 aromatic heterocycles. The quantitative estimate of drug-likeness (QED) is 0.672. The summed E-state index contributed by atoms with van der Waals surface area (Å²) < 4.78 is 5.43. The number of nitrogen functional groups attached to an aromatic ring is 1. The molecule has 0 aliphatic carbocycles. The second kappa shape index (κ2) is 6.41. The number of nitrogens with two attached hydrogens (primary N) is 1. The summed E-state index contributed by atoms with van der Waals surface area (Å²) in [5, 5.41) is 11.5. The molecule has 0 fully saturated rings. The van der Waals surface area contributed by atoms with Gasteiger partial charge in [-0.3, -0.25) is 10.1 Å². The minimum atomic E-state index is -0.494. The van der Waals surface area contributed by atoms with Crippen LogP contribution < -0.4 is 10.5 Å². The van der Waals surface area contributed by atoms with Crippen molar-refractivity contribution < 1.29 is 9.66 Å². The summed E-state index contributed by atoms with van der Waals surface area (Å²) in [5.74, 6) is 0.371. The third-order valence-electron chi connectivity index (χ3n) is 2.77. The van der Waals surface area contributed by atoms with Gasteiger partial charge in [-0.25, -0.2) is 4.98 Å². The van der Waals surface area contributed by atoms with Gasteiger partial charge in [0.25, 0.3) is 5.69 Å². The zero-order valence-electron chi connectivity index (χ0n) is 11.4. The number of benzene rings is 1. The van der Waals surface area contributed by atoms with Gasteiger partial charge in [0, 0.05) is 17.2 Å². The minimum absolute atomic E-state index is 0.105. The van der Waals surface area contributed by atoms with Crippen molar-refractivity contribution in [1.29, 1.82) is 0 Å². The predicted molar refractivity (Wildman–Crippen MR) is 81.5 cm³/mol. The molecule has 0 amide bonds. The maximum Gasteiger partial charge on any atom is 0.278 e. The van der Waals surface area contributed by atoms with E-state index >= 15 is 0 Å². The summed E-state index contributed by atoms with van der Waals surface area (Å²) in [4.78, 5) is 14.9. The topological polar surface area (TPSA) is 91.3 Å². The Kier molecular flexibility index (Phi) is 4.59. The van der Waals surface area contributed by atoms with E-state index in [-0.39, 0.29) is 16.9 Å². The molecule has 2 aromatic rings. The van der Waals surface area contributed by atoms with Gasteiger partial charge >= 0.3 is 0 Å². The summed E-state index contributed by atoms with van der Waals surface area (Å²) in [6.07, 6.45) is 0.832. The fraction of sp³-hybridized carbons (Fsp3) is 0.214. The summed E-state index contributed by atoms with van der Waals surface area (Å²) >= 11 is 5.92. The molecule has 0 radical (unpaired) electrons. The smallest absolute Gasteiger partial charge is 0.278 e. The third-order valence-corrected chi connectivity index (χ3v) is 3.00. The number of aromatic nitrogens is 1. The molecule has 7 heteroatoms. The van der Waals surface area contributed by atoms with Crippen LogP contribution in [0, 0.1) is 10.1 Å². The number of hydrogen-bond donors (Lipinski definition) is 1. The highest BCUT2D eigenvalue weighted by Gasteiger charge is 2.19. The van der Waals surface area contributed by atoms with E-state index in [0.717, 1.165) is 6.42 Å². The molecule has 2 rings (SSSR count). The SMILES string of the molecule is CCCOc1ccc(N)c(-c2cc(Cl)ccc2[N+](=O)[O-])n1. The molecule has 0 atom stereocenters. The zero-order chi connectivity index (χ0) is 15.4. The first-order valence-corrected chi connectivity index (χ1v) is 6.74. The molecule has 0 spiro atoms. The van der Waals surface area contributed by atoms with Gasteiger partial charge in [0.05, 0.1) is 22.8 Å². The largest absolute Gasteiger partial charge is 0.478 e. The summed E-state index contributed by atoms with van der Waals surface area (Å²) in [6.45, 7) is 2.48. The van der Waals surface area contributed by atoms with E-state index in [4.69, 9.17) is 22.1 Å². The van der Waals surface area contributed by atoms with Crippen LogP contribution >= 0.6 is 11.6 Å². The molecule has 0 saturated carbocycles. The van der Waals surface area contributed by atoms with Crippen molar-refractivity contribution >= 4 is 23.0 Å². The molecule has 6 nitrogen and oxygen atoms in total. The van der Waals surface area contributed by atoms with Crippen LogP contribution in [0.3, 0.4) is 0 Å². The molecule has 0 aliphatic heterocycles. The van der Waals surface area contributed by atoms with E-state index in [0.29, 0.717) is 23.2 Å². The number of nitro groups is 1. The Bertz CT molecular complexity index is 677. The molecule has 110 valence electrons. The number of nitrogens with zero attached hydrogens (tertiary/aromatic N) is 2. The Labute approximate surface area is 126 Å². The van der Waals surface area contributed by atoms with Crippen LogP contribution in [0.1, 0.15) is 13.3 Å². The van der Waals surface area contributed by atoms with Crippen molar-refractivity contribution in [2.45, 2.75) is 13.3 Å². The summed E-state index contributed by atoms with van der Waals surface area (Å²) in [6, 6.07) is 7.50. The maximum atomic E-state index is 11.1. The van der Waals surface area contributed by atoms with E-state index in [1.54, 1.807) is 12.1 Å². The average molecular weight is 308 g/mol. The molecule has 0 aliphatic rings. The summed E-state index contributed by atoms with van der Waals surface area (Å²) in [5.41, 5.74) is 6.66. The van der Waals surface area contributed by atoms with E-state index in [1.807, 2.05) is 6.92 Å². The predicted octanol–water partition coefficient (Wildman–Crippen LogP) is 3.68. The highest BCUT2D eigenvalue weighted by Crippen LogP contribution is 2.35. The van der Waals surface area contributed by atoms with Crippen LogP contribution in [0.5, 0.6) is 5.88 Å². The number of rotatable bonds is 5. The van der Waals surface area contributed by atoms with Crippen LogP contribution in [0.25, 0.3) is 11.3 Å². The van der Waals surface area contributed by atoms with Gasteiger partial charge < -0.3 is 10.5 Å². The van der Waals surface area contributed by atoms with Crippen LogP contribution in [-0.4, -0.2) is 16.5 Å². The number of hydrogen-bond acceptors (Lipinski definition) is 5. The zero-order valence-corrected chi connectivity index (χ0v) is 12.1. The van der Waals surface area contributed by atoms with Gasteiger partial charge in [-0.1, -0.05) is 18.5 Å². The maximum absolute atomic E-state index is 11.1. The molecular weight excluding hydrogens is 294 g/mol. The lowest BCUT2D eigenvalue weighted by atomic mass is 10.1. The highest BCUT2D eigenvalue weighted by molar-refractivity contribution is 6.31. The molecule has 0 unspecified atom stereocenters. The molecule has 0 saturated heterocycles. The van der Waals surface area contributed by atoms with Crippen molar-refractivity contribution in [2.75, 3.05) is 12.3 Å². The van der Waals surface area contributed by atoms with Gasteiger partial charge in [0.1, 0.15) is 5.69 Å². The lowest BCUT2D eigenvalue weighted by molar-refractivity contribution is -0.384. The van der Waals surface area contributed by atoms with Gasteiger partial charge in [0.15, 0.2) is 0 Å². The Balaban J connectivity index is 2.55. The Hall–Kier alpha value is -2.34. The van der Waals surface area contributed by atoms with Crippen molar-refractivity contribution in [1.82, 2.24) is 4.98 Å². The lowest BCUT2D eigenvalue weighted by Crippen LogP contribution is -2.02. The van der Waals surface area contributed by atoms with Gasteiger partial charge in [-0.05, 0) is 24.6 Å². The molecular formula is C14H14ClN3O3. The first kappa shape index (κ1) is 15.1. The first-order chi connectivity index (χ1) is 10.0. The fourth-order valence-corrected chi connectivity index (χ4v) is 1.98. The monoisotopic (exact) mass is 307 g/mol. The van der Waals surface area contributed by atoms with Crippen LogP contribution in [0.2, 0.25) is 5.02 Å². The van der Waals surface area contributed by atoms with Crippen molar-refractivity contribution in [3.63, 3.8) is 0 Å². The van der Waals surface area contributed by atoms with Gasteiger partial charge in [-0.15, -0.1) is 0 Å². The molecule has 1 heterocycles. The number of nitro benzene ring substituents is 1. The molecule has 2 N–H and O–H groups in total. The molecule has 21 heavy (non-hydrogen) atoms. The van der Waals surface area contributed by atoms with Crippen LogP contribution in [-0.2, 0) is 0 Å². The van der Waals surface area contributed by atoms with Crippen LogP contribution in [0.4, 0.5) is 11.4 Å². The van der Waals surface area contributed by atoms with Crippen molar-refractivity contribution in [3.8, 4) is 17.1 Å². The Morgan fingerprint density at radius 2 is 2.14 bits per heavy atom.